The van der Waals surface area contributed by atoms with Crippen molar-refractivity contribution in [2.75, 3.05) is 6.54 Å². The average Bonchev–Trinajstić information content (AvgIpc) is 2.87. The van der Waals surface area contributed by atoms with E-state index in [9.17, 15) is 14.0 Å². The maximum atomic E-state index is 13.7. The van der Waals surface area contributed by atoms with Gasteiger partial charge in [0.1, 0.15) is 11.6 Å². The largest absolute Gasteiger partial charge is 0.329 e. The zero-order valence-corrected chi connectivity index (χ0v) is 20.4. The second-order valence-electron chi connectivity index (χ2n) is 8.85. The van der Waals surface area contributed by atoms with Crippen LogP contribution in [0.2, 0.25) is 0 Å². The van der Waals surface area contributed by atoms with E-state index in [1.54, 1.807) is 15.5 Å². The number of halogens is 1. The Balaban J connectivity index is 1.87. The highest BCUT2D eigenvalue weighted by Crippen LogP contribution is 2.25. The summed E-state index contributed by atoms with van der Waals surface area (Å²) in [6.07, 6.45) is 2.79. The van der Waals surface area contributed by atoms with Gasteiger partial charge in [-0.05, 0) is 68.8 Å². The lowest BCUT2D eigenvalue weighted by molar-refractivity contribution is 0.0677. The number of unbranched alkanes of at least 4 members (excludes halogenated alkanes) is 2. The Morgan fingerprint density at radius 3 is 2.37 bits per heavy atom. The number of nitrogens with zero attached hydrogens (tertiary/aromatic N) is 3. The van der Waals surface area contributed by atoms with Crippen molar-refractivity contribution in [3.63, 3.8) is 0 Å². The van der Waals surface area contributed by atoms with Crippen LogP contribution >= 0.6 is 0 Å². The Hall–Kier alpha value is -3.80. The molecule has 0 spiro atoms. The van der Waals surface area contributed by atoms with Crippen LogP contribution in [0.3, 0.4) is 0 Å². The minimum absolute atomic E-state index is 0.177. The molecule has 0 aliphatic rings. The normalized spacial score (nSPS) is 12.0. The molecule has 0 bridgehead atoms. The summed E-state index contributed by atoms with van der Waals surface area (Å²) in [5, 5.41) is 0.520. The highest BCUT2D eigenvalue weighted by molar-refractivity contribution is 5.94. The minimum Gasteiger partial charge on any atom is -0.329 e. The number of benzene rings is 3. The molecule has 4 rings (SSSR count). The predicted octanol–water partition coefficient (Wildman–Crippen LogP) is 6.23. The van der Waals surface area contributed by atoms with Crippen molar-refractivity contribution in [2.24, 2.45) is 0 Å². The molecular weight excluding hydrogens is 441 g/mol. The molecule has 1 amide bonds. The highest BCUT2D eigenvalue weighted by Gasteiger charge is 2.27. The molecule has 0 saturated heterocycles. The average molecular weight is 472 g/mol. The van der Waals surface area contributed by atoms with E-state index >= 15 is 0 Å². The second kappa shape index (κ2) is 10.6. The monoisotopic (exact) mass is 471 g/mol. The lowest BCUT2D eigenvalue weighted by atomic mass is 10.1. The molecule has 6 heteroatoms. The third-order valence-corrected chi connectivity index (χ3v) is 6.29. The molecule has 4 aromatic rings. The molecule has 0 aliphatic heterocycles. The van der Waals surface area contributed by atoms with E-state index in [-0.39, 0.29) is 11.5 Å². The summed E-state index contributed by atoms with van der Waals surface area (Å²) in [5.41, 5.74) is 2.59. The quantitative estimate of drug-likeness (QED) is 0.286. The van der Waals surface area contributed by atoms with Gasteiger partial charge in [-0.15, -0.1) is 0 Å². The third kappa shape index (κ3) is 5.16. The molecule has 1 heterocycles. The van der Waals surface area contributed by atoms with Crippen LogP contribution in [0.4, 0.5) is 4.39 Å². The summed E-state index contributed by atoms with van der Waals surface area (Å²) in [4.78, 5) is 33.9. The van der Waals surface area contributed by atoms with Crippen LogP contribution in [0.15, 0.2) is 77.6 Å². The zero-order chi connectivity index (χ0) is 24.9. The summed E-state index contributed by atoms with van der Waals surface area (Å²) in [6, 6.07) is 20.0. The van der Waals surface area contributed by atoms with Gasteiger partial charge in [0.25, 0.3) is 11.5 Å². The van der Waals surface area contributed by atoms with E-state index in [4.69, 9.17) is 4.98 Å². The number of aromatic nitrogens is 2. The van der Waals surface area contributed by atoms with Gasteiger partial charge in [0, 0.05) is 12.1 Å². The predicted molar refractivity (Wildman–Crippen MR) is 137 cm³/mol. The van der Waals surface area contributed by atoms with Crippen LogP contribution in [0.5, 0.6) is 0 Å². The van der Waals surface area contributed by atoms with Crippen LogP contribution in [0, 0.1) is 12.7 Å². The van der Waals surface area contributed by atoms with E-state index in [2.05, 4.69) is 6.92 Å². The Labute approximate surface area is 204 Å². The summed E-state index contributed by atoms with van der Waals surface area (Å²) >= 11 is 0. The van der Waals surface area contributed by atoms with Gasteiger partial charge in [0.15, 0.2) is 0 Å². The molecule has 180 valence electrons. The molecule has 0 radical (unpaired) electrons. The number of hydrogen-bond acceptors (Lipinski definition) is 3. The summed E-state index contributed by atoms with van der Waals surface area (Å²) < 4.78 is 15.1. The van der Waals surface area contributed by atoms with Crippen molar-refractivity contribution in [3.05, 3.63) is 106 Å². The SMILES string of the molecule is CCCCCN(C(=O)c1ccc(F)cc1)C(C)c1nc2ccccc2c(=O)n1-c1ccc(C)cc1. The van der Waals surface area contributed by atoms with Crippen molar-refractivity contribution in [3.8, 4) is 5.69 Å². The molecule has 1 aromatic heterocycles. The molecule has 0 fully saturated rings. The fourth-order valence-corrected chi connectivity index (χ4v) is 4.27. The minimum atomic E-state index is -0.497. The molecule has 0 N–H and O–H groups in total. The van der Waals surface area contributed by atoms with Gasteiger partial charge in [-0.3, -0.25) is 14.2 Å². The molecule has 1 unspecified atom stereocenters. The highest BCUT2D eigenvalue weighted by atomic mass is 19.1. The van der Waals surface area contributed by atoms with Gasteiger partial charge < -0.3 is 4.90 Å². The fraction of sp³-hybridized carbons (Fsp3) is 0.276. The smallest absolute Gasteiger partial charge is 0.266 e. The van der Waals surface area contributed by atoms with Gasteiger partial charge in [-0.1, -0.05) is 49.6 Å². The maximum absolute atomic E-state index is 13.7. The number of fused-ring (bicyclic) bond motifs is 1. The van der Waals surface area contributed by atoms with Crippen LogP contribution in [-0.4, -0.2) is 26.9 Å². The Morgan fingerprint density at radius 1 is 1.00 bits per heavy atom. The molecule has 3 aromatic carbocycles. The maximum Gasteiger partial charge on any atom is 0.266 e. The molecule has 5 nitrogen and oxygen atoms in total. The molecular formula is C29H30FN3O2. The van der Waals surface area contributed by atoms with Crippen molar-refractivity contribution in [1.82, 2.24) is 14.5 Å². The summed E-state index contributed by atoms with van der Waals surface area (Å²) in [5.74, 6) is -0.118. The first-order chi connectivity index (χ1) is 16.9. The van der Waals surface area contributed by atoms with E-state index in [1.807, 2.05) is 56.3 Å². The van der Waals surface area contributed by atoms with Gasteiger partial charge in [0.2, 0.25) is 0 Å². The lowest BCUT2D eigenvalue weighted by Gasteiger charge is -2.31. The third-order valence-electron chi connectivity index (χ3n) is 6.29. The number of aryl methyl sites for hydroxylation is 1. The second-order valence-corrected chi connectivity index (χ2v) is 8.85. The van der Waals surface area contributed by atoms with Gasteiger partial charge in [-0.2, -0.15) is 0 Å². The van der Waals surface area contributed by atoms with Crippen molar-refractivity contribution < 1.29 is 9.18 Å². The number of amides is 1. The molecule has 0 aliphatic carbocycles. The van der Waals surface area contributed by atoms with Gasteiger partial charge in [-0.25, -0.2) is 9.37 Å². The number of hydrogen-bond donors (Lipinski definition) is 0. The number of para-hydroxylation sites is 1. The van der Waals surface area contributed by atoms with Crippen LogP contribution < -0.4 is 5.56 Å². The van der Waals surface area contributed by atoms with E-state index in [1.165, 1.54) is 24.3 Å². The van der Waals surface area contributed by atoms with Crippen molar-refractivity contribution >= 4 is 16.8 Å². The van der Waals surface area contributed by atoms with Crippen LogP contribution in [0.25, 0.3) is 16.6 Å². The lowest BCUT2D eigenvalue weighted by Crippen LogP contribution is -2.38. The van der Waals surface area contributed by atoms with E-state index < -0.39 is 11.9 Å². The van der Waals surface area contributed by atoms with Gasteiger partial charge >= 0.3 is 0 Å². The van der Waals surface area contributed by atoms with Crippen LogP contribution in [-0.2, 0) is 0 Å². The molecule has 0 saturated carbocycles. The zero-order valence-electron chi connectivity index (χ0n) is 20.4. The Bertz CT molecular complexity index is 1380. The first kappa shape index (κ1) is 24.3. The molecule has 35 heavy (non-hydrogen) atoms. The first-order valence-electron chi connectivity index (χ1n) is 12.1. The number of rotatable bonds is 8. The Morgan fingerprint density at radius 2 is 1.69 bits per heavy atom. The number of carbonyl (C=O) groups excluding carboxylic acids is 1. The van der Waals surface area contributed by atoms with Crippen molar-refractivity contribution in [1.29, 1.82) is 0 Å². The first-order valence-corrected chi connectivity index (χ1v) is 12.1. The standard InChI is InChI=1S/C29H30FN3O2/c1-4-5-8-19-32(28(34)22-13-15-23(30)16-14-22)21(3)27-31-26-10-7-6-9-25(26)29(35)33(27)24-17-11-20(2)12-18-24/h6-7,9-18,21H,4-5,8,19H2,1-3H3. The fourth-order valence-electron chi connectivity index (χ4n) is 4.27. The van der Waals surface area contributed by atoms with E-state index in [0.29, 0.717) is 34.5 Å². The van der Waals surface area contributed by atoms with E-state index in [0.717, 1.165) is 24.8 Å². The van der Waals surface area contributed by atoms with Crippen molar-refractivity contribution in [2.45, 2.75) is 46.1 Å². The Kier molecular flexibility index (Phi) is 7.39. The number of carbonyl (C=O) groups is 1. The molecule has 1 atom stereocenters. The summed E-state index contributed by atoms with van der Waals surface area (Å²) in [6.45, 7) is 6.50. The topological polar surface area (TPSA) is 55.2 Å². The van der Waals surface area contributed by atoms with Gasteiger partial charge in [0.05, 0.1) is 22.6 Å². The van der Waals surface area contributed by atoms with Crippen LogP contribution in [0.1, 0.15) is 60.9 Å². The summed E-state index contributed by atoms with van der Waals surface area (Å²) in [7, 11) is 0.